The molecule has 0 bridgehead atoms. The normalized spacial score (nSPS) is 10.2. The maximum Gasteiger partial charge on any atom is 0.313 e. The minimum Gasteiger partial charge on any atom is -0.450 e. The maximum atomic E-state index is 11.3. The second-order valence-electron chi connectivity index (χ2n) is 4.17. The van der Waals surface area contributed by atoms with E-state index in [-0.39, 0.29) is 22.2 Å². The van der Waals surface area contributed by atoms with E-state index in [4.69, 9.17) is 16.3 Å². The van der Waals surface area contributed by atoms with Crippen LogP contribution in [-0.4, -0.2) is 10.7 Å². The van der Waals surface area contributed by atoms with Gasteiger partial charge in [-0.05, 0) is 53.2 Å². The molecule has 21 heavy (non-hydrogen) atoms. The fraction of sp³-hybridized carbons (Fsp3) is 0.0714. The van der Waals surface area contributed by atoms with Gasteiger partial charge in [0.2, 0.25) is 5.75 Å². The average molecular weight is 371 g/mol. The van der Waals surface area contributed by atoms with Gasteiger partial charge in [-0.15, -0.1) is 0 Å². The number of Topliss-reactive ketones (excluding diaryl/α,β-unsaturated/α-hetero) is 1. The molecular weight excluding hydrogens is 362 g/mol. The SMILES string of the molecule is CC(=O)c1ccc(Oc2ccc(Cl)cc2[N+](=O)[O-])cc1Br. The minimum atomic E-state index is -0.569. The van der Waals surface area contributed by atoms with Gasteiger partial charge in [0.05, 0.1) is 4.92 Å². The standard InChI is InChI=1S/C14H9BrClNO4/c1-8(18)11-4-3-10(7-12(11)15)21-14-5-2-9(16)6-13(14)17(19)20/h2-7H,1H3. The van der Waals surface area contributed by atoms with Crippen molar-refractivity contribution in [2.75, 3.05) is 0 Å². The molecule has 0 fully saturated rings. The number of nitro benzene ring substituents is 1. The third-order valence-electron chi connectivity index (χ3n) is 2.67. The topological polar surface area (TPSA) is 69.4 Å². The summed E-state index contributed by atoms with van der Waals surface area (Å²) in [4.78, 5) is 21.8. The highest BCUT2D eigenvalue weighted by Crippen LogP contribution is 2.34. The van der Waals surface area contributed by atoms with E-state index in [9.17, 15) is 14.9 Å². The number of hydrogen-bond donors (Lipinski definition) is 0. The van der Waals surface area contributed by atoms with Crippen molar-refractivity contribution in [3.63, 3.8) is 0 Å². The zero-order valence-electron chi connectivity index (χ0n) is 10.8. The molecule has 0 saturated carbocycles. The van der Waals surface area contributed by atoms with Gasteiger partial charge in [0.25, 0.3) is 0 Å². The van der Waals surface area contributed by atoms with Crippen LogP contribution in [-0.2, 0) is 0 Å². The van der Waals surface area contributed by atoms with E-state index in [1.54, 1.807) is 18.2 Å². The Kier molecular flexibility index (Phi) is 4.59. The highest BCUT2D eigenvalue weighted by molar-refractivity contribution is 9.10. The summed E-state index contributed by atoms with van der Waals surface area (Å²) in [6, 6.07) is 8.88. The number of halogens is 2. The predicted octanol–water partition coefficient (Wildman–Crippen LogP) is 5.01. The molecule has 0 aromatic heterocycles. The van der Waals surface area contributed by atoms with E-state index in [1.165, 1.54) is 25.1 Å². The zero-order valence-corrected chi connectivity index (χ0v) is 13.1. The molecule has 0 heterocycles. The van der Waals surface area contributed by atoms with Crippen molar-refractivity contribution in [1.82, 2.24) is 0 Å². The van der Waals surface area contributed by atoms with Crippen LogP contribution in [0.2, 0.25) is 5.02 Å². The van der Waals surface area contributed by atoms with Crippen molar-refractivity contribution in [2.24, 2.45) is 0 Å². The second kappa shape index (κ2) is 6.24. The number of ketones is 1. The van der Waals surface area contributed by atoms with Gasteiger partial charge in [-0.3, -0.25) is 14.9 Å². The Morgan fingerprint density at radius 2 is 2.00 bits per heavy atom. The van der Waals surface area contributed by atoms with Gasteiger partial charge in [-0.25, -0.2) is 0 Å². The first-order valence-corrected chi connectivity index (χ1v) is 6.98. The van der Waals surface area contributed by atoms with Crippen molar-refractivity contribution < 1.29 is 14.5 Å². The number of nitro groups is 1. The Hall–Kier alpha value is -1.92. The lowest BCUT2D eigenvalue weighted by Gasteiger charge is -2.08. The van der Waals surface area contributed by atoms with E-state index in [1.807, 2.05) is 0 Å². The van der Waals surface area contributed by atoms with Crippen molar-refractivity contribution in [3.8, 4) is 11.5 Å². The lowest BCUT2D eigenvalue weighted by Crippen LogP contribution is -1.96. The van der Waals surface area contributed by atoms with Gasteiger partial charge < -0.3 is 4.74 Å². The third-order valence-corrected chi connectivity index (χ3v) is 3.56. The molecule has 0 aliphatic rings. The molecule has 7 heteroatoms. The first-order chi connectivity index (χ1) is 9.88. The molecule has 2 aromatic carbocycles. The Balaban J connectivity index is 2.37. The highest BCUT2D eigenvalue weighted by Gasteiger charge is 2.17. The Morgan fingerprint density at radius 3 is 2.57 bits per heavy atom. The summed E-state index contributed by atoms with van der Waals surface area (Å²) in [7, 11) is 0. The maximum absolute atomic E-state index is 11.3. The molecule has 0 aliphatic carbocycles. The monoisotopic (exact) mass is 369 g/mol. The van der Waals surface area contributed by atoms with Crippen LogP contribution in [0, 0.1) is 10.1 Å². The van der Waals surface area contributed by atoms with Crippen LogP contribution in [0.4, 0.5) is 5.69 Å². The van der Waals surface area contributed by atoms with Crippen molar-refractivity contribution in [2.45, 2.75) is 6.92 Å². The smallest absolute Gasteiger partial charge is 0.313 e. The van der Waals surface area contributed by atoms with Gasteiger partial charge in [-0.1, -0.05) is 11.6 Å². The summed E-state index contributed by atoms with van der Waals surface area (Å²) < 4.78 is 6.06. The van der Waals surface area contributed by atoms with Gasteiger partial charge in [-0.2, -0.15) is 0 Å². The molecule has 0 spiro atoms. The molecule has 0 saturated heterocycles. The lowest BCUT2D eigenvalue weighted by atomic mass is 10.1. The molecule has 5 nitrogen and oxygen atoms in total. The molecule has 0 radical (unpaired) electrons. The molecule has 108 valence electrons. The van der Waals surface area contributed by atoms with Crippen LogP contribution in [0.5, 0.6) is 11.5 Å². The number of benzene rings is 2. The van der Waals surface area contributed by atoms with Crippen molar-refractivity contribution in [3.05, 3.63) is 61.6 Å². The van der Waals surface area contributed by atoms with Crippen LogP contribution < -0.4 is 4.74 Å². The Bertz CT molecular complexity index is 733. The first kappa shape index (κ1) is 15.5. The number of hydrogen-bond acceptors (Lipinski definition) is 4. The summed E-state index contributed by atoms with van der Waals surface area (Å²) in [5.41, 5.74) is 0.280. The number of rotatable bonds is 4. The zero-order chi connectivity index (χ0) is 15.6. The molecule has 2 aromatic rings. The van der Waals surface area contributed by atoms with Gasteiger partial charge in [0, 0.05) is 21.1 Å². The fourth-order valence-corrected chi connectivity index (χ4v) is 2.49. The van der Waals surface area contributed by atoms with Crippen LogP contribution in [0.1, 0.15) is 17.3 Å². The minimum absolute atomic E-state index is 0.0758. The summed E-state index contributed by atoms with van der Waals surface area (Å²) >= 11 is 9.00. The summed E-state index contributed by atoms with van der Waals surface area (Å²) in [5.74, 6) is 0.357. The highest BCUT2D eigenvalue weighted by atomic mass is 79.9. The van der Waals surface area contributed by atoms with Crippen molar-refractivity contribution >= 4 is 39.0 Å². The fourth-order valence-electron chi connectivity index (χ4n) is 1.69. The Morgan fingerprint density at radius 1 is 1.29 bits per heavy atom. The summed E-state index contributed by atoms with van der Waals surface area (Å²) in [6.07, 6.45) is 0. The number of ether oxygens (including phenoxy) is 1. The third kappa shape index (κ3) is 3.59. The van der Waals surface area contributed by atoms with E-state index in [0.29, 0.717) is 15.8 Å². The van der Waals surface area contributed by atoms with E-state index >= 15 is 0 Å². The van der Waals surface area contributed by atoms with Crippen molar-refractivity contribution in [1.29, 1.82) is 0 Å². The first-order valence-electron chi connectivity index (χ1n) is 5.81. The number of nitrogens with zero attached hydrogens (tertiary/aromatic N) is 1. The quantitative estimate of drug-likeness (QED) is 0.431. The molecule has 0 N–H and O–H groups in total. The van der Waals surface area contributed by atoms with Gasteiger partial charge in [0.1, 0.15) is 5.75 Å². The average Bonchev–Trinajstić information content (AvgIpc) is 2.40. The van der Waals surface area contributed by atoms with Crippen LogP contribution in [0.15, 0.2) is 40.9 Å². The molecule has 0 amide bonds. The largest absolute Gasteiger partial charge is 0.450 e. The van der Waals surface area contributed by atoms with E-state index in [0.717, 1.165) is 0 Å². The summed E-state index contributed by atoms with van der Waals surface area (Å²) in [5, 5.41) is 11.2. The predicted molar refractivity (Wildman–Crippen MR) is 82.3 cm³/mol. The second-order valence-corrected chi connectivity index (χ2v) is 5.46. The molecule has 0 aliphatic heterocycles. The molecule has 0 atom stereocenters. The lowest BCUT2D eigenvalue weighted by molar-refractivity contribution is -0.385. The Labute approximate surface area is 133 Å². The van der Waals surface area contributed by atoms with E-state index < -0.39 is 4.92 Å². The molecule has 0 unspecified atom stereocenters. The molecular formula is C14H9BrClNO4. The summed E-state index contributed by atoms with van der Waals surface area (Å²) in [6.45, 7) is 1.45. The van der Waals surface area contributed by atoms with Gasteiger partial charge in [0.15, 0.2) is 5.78 Å². The number of carbonyl (C=O) groups excluding carboxylic acids is 1. The number of carbonyl (C=O) groups is 1. The van der Waals surface area contributed by atoms with Crippen LogP contribution in [0.3, 0.4) is 0 Å². The van der Waals surface area contributed by atoms with Crippen LogP contribution in [0.25, 0.3) is 0 Å². The van der Waals surface area contributed by atoms with Gasteiger partial charge >= 0.3 is 5.69 Å². The van der Waals surface area contributed by atoms with Crippen LogP contribution >= 0.6 is 27.5 Å². The molecule has 2 rings (SSSR count). The van der Waals surface area contributed by atoms with E-state index in [2.05, 4.69) is 15.9 Å².